The Hall–Kier alpha value is -2.27. The molecule has 1 N–H and O–H groups in total. The maximum absolute atomic E-state index is 11.6. The summed E-state index contributed by atoms with van der Waals surface area (Å²) in [6, 6.07) is 7.63. The van der Waals surface area contributed by atoms with Gasteiger partial charge in [0.1, 0.15) is 0 Å². The fourth-order valence-electron chi connectivity index (χ4n) is 1.80. The first-order valence-corrected chi connectivity index (χ1v) is 7.05. The predicted octanol–water partition coefficient (Wildman–Crippen LogP) is 2.19. The molecule has 0 atom stereocenters. The third kappa shape index (κ3) is 4.96. The molecule has 0 saturated heterocycles. The van der Waals surface area contributed by atoms with Crippen molar-refractivity contribution in [1.29, 1.82) is 0 Å². The van der Waals surface area contributed by atoms with Crippen molar-refractivity contribution in [1.82, 2.24) is 15.3 Å². The van der Waals surface area contributed by atoms with E-state index in [1.54, 1.807) is 12.3 Å². The number of nitrogens with one attached hydrogen (secondary N) is 1. The van der Waals surface area contributed by atoms with Crippen molar-refractivity contribution >= 4 is 23.0 Å². The zero-order valence-corrected chi connectivity index (χ0v) is 12.1. The van der Waals surface area contributed by atoms with Gasteiger partial charge in [-0.2, -0.15) is 0 Å². The molecule has 110 valence electrons. The van der Waals surface area contributed by atoms with Crippen LogP contribution in [0.25, 0.3) is 17.1 Å². The molecule has 0 unspecified atom stereocenters. The van der Waals surface area contributed by atoms with Crippen molar-refractivity contribution in [2.24, 2.45) is 0 Å². The van der Waals surface area contributed by atoms with Crippen LogP contribution in [0.1, 0.15) is 19.0 Å². The van der Waals surface area contributed by atoms with Crippen LogP contribution in [0, 0.1) is 0 Å². The Morgan fingerprint density at radius 3 is 2.95 bits per heavy atom. The summed E-state index contributed by atoms with van der Waals surface area (Å²) in [4.78, 5) is 20.3. The van der Waals surface area contributed by atoms with Gasteiger partial charge in [-0.1, -0.05) is 12.1 Å². The van der Waals surface area contributed by atoms with Gasteiger partial charge in [-0.05, 0) is 31.6 Å². The topological polar surface area (TPSA) is 64.1 Å². The van der Waals surface area contributed by atoms with Gasteiger partial charge in [-0.25, -0.2) is 4.98 Å². The fraction of sp³-hybridized carbons (Fsp3) is 0.312. The third-order valence-electron chi connectivity index (χ3n) is 2.84. The number of nitrogens with zero attached hydrogens (tertiary/aromatic N) is 2. The van der Waals surface area contributed by atoms with E-state index in [0.29, 0.717) is 25.5 Å². The summed E-state index contributed by atoms with van der Waals surface area (Å²) in [5.74, 6) is -0.138. The van der Waals surface area contributed by atoms with Crippen LogP contribution in [0.5, 0.6) is 0 Å². The molecule has 21 heavy (non-hydrogen) atoms. The summed E-state index contributed by atoms with van der Waals surface area (Å²) in [5.41, 5.74) is 2.32. The van der Waals surface area contributed by atoms with Crippen molar-refractivity contribution in [3.63, 3.8) is 0 Å². The first-order valence-electron chi connectivity index (χ1n) is 7.05. The maximum Gasteiger partial charge on any atom is 0.244 e. The van der Waals surface area contributed by atoms with Crippen molar-refractivity contribution in [3.05, 3.63) is 42.2 Å². The molecular weight excluding hydrogens is 266 g/mol. The SMILES string of the molecule is CCOCCCNC(=O)/C=C/c1cnc2ccccc2n1. The molecule has 5 nitrogen and oxygen atoms in total. The number of carbonyl (C=O) groups excluding carboxylic acids is 1. The summed E-state index contributed by atoms with van der Waals surface area (Å²) in [7, 11) is 0. The Morgan fingerprint density at radius 2 is 2.14 bits per heavy atom. The molecule has 5 heteroatoms. The van der Waals surface area contributed by atoms with Gasteiger partial charge >= 0.3 is 0 Å². The number of carbonyl (C=O) groups is 1. The number of rotatable bonds is 7. The number of aromatic nitrogens is 2. The molecule has 0 bridgehead atoms. The molecule has 1 aromatic carbocycles. The Morgan fingerprint density at radius 1 is 1.33 bits per heavy atom. The number of hydrogen-bond donors (Lipinski definition) is 1. The van der Waals surface area contributed by atoms with Crippen LogP contribution in [0.3, 0.4) is 0 Å². The Kier molecular flexibility index (Phi) is 5.84. The lowest BCUT2D eigenvalue weighted by Gasteiger charge is -2.02. The highest BCUT2D eigenvalue weighted by Gasteiger charge is 1.98. The highest BCUT2D eigenvalue weighted by atomic mass is 16.5. The quantitative estimate of drug-likeness (QED) is 0.625. The first kappa shape index (κ1) is 15.1. The first-order chi connectivity index (χ1) is 10.3. The predicted molar refractivity (Wildman–Crippen MR) is 82.7 cm³/mol. The lowest BCUT2D eigenvalue weighted by Crippen LogP contribution is -2.23. The number of amides is 1. The van der Waals surface area contributed by atoms with Crippen LogP contribution in [0.4, 0.5) is 0 Å². The fourth-order valence-corrected chi connectivity index (χ4v) is 1.80. The number of ether oxygens (including phenoxy) is 1. The minimum Gasteiger partial charge on any atom is -0.382 e. The maximum atomic E-state index is 11.6. The third-order valence-corrected chi connectivity index (χ3v) is 2.84. The van der Waals surface area contributed by atoms with Crippen LogP contribution in [0.2, 0.25) is 0 Å². The van der Waals surface area contributed by atoms with Gasteiger partial charge in [-0.3, -0.25) is 9.78 Å². The van der Waals surface area contributed by atoms with E-state index < -0.39 is 0 Å². The lowest BCUT2D eigenvalue weighted by atomic mass is 10.3. The van der Waals surface area contributed by atoms with Gasteiger partial charge in [0.05, 0.1) is 22.9 Å². The second-order valence-corrected chi connectivity index (χ2v) is 4.46. The van der Waals surface area contributed by atoms with E-state index >= 15 is 0 Å². The molecule has 1 aromatic heterocycles. The van der Waals surface area contributed by atoms with Gasteiger partial charge in [0.25, 0.3) is 0 Å². The molecule has 0 radical (unpaired) electrons. The molecular formula is C16H19N3O2. The zero-order chi connectivity index (χ0) is 14.9. The van der Waals surface area contributed by atoms with Gasteiger partial charge in [0.15, 0.2) is 0 Å². The molecule has 0 aliphatic rings. The lowest BCUT2D eigenvalue weighted by molar-refractivity contribution is -0.116. The normalized spacial score (nSPS) is 11.1. The van der Waals surface area contributed by atoms with E-state index in [-0.39, 0.29) is 5.91 Å². The van der Waals surface area contributed by atoms with Gasteiger partial charge in [0.2, 0.25) is 5.91 Å². The van der Waals surface area contributed by atoms with E-state index in [0.717, 1.165) is 17.5 Å². The molecule has 0 fully saturated rings. The van der Waals surface area contributed by atoms with Crippen molar-refractivity contribution in [2.75, 3.05) is 19.8 Å². The Balaban J connectivity index is 1.85. The summed E-state index contributed by atoms with van der Waals surface area (Å²) >= 11 is 0. The van der Waals surface area contributed by atoms with Gasteiger partial charge in [-0.15, -0.1) is 0 Å². The average Bonchev–Trinajstić information content (AvgIpc) is 2.52. The van der Waals surface area contributed by atoms with Crippen LogP contribution in [-0.4, -0.2) is 35.6 Å². The van der Waals surface area contributed by atoms with E-state index in [2.05, 4.69) is 15.3 Å². The second kappa shape index (κ2) is 8.11. The van der Waals surface area contributed by atoms with Crippen LogP contribution in [-0.2, 0) is 9.53 Å². The highest BCUT2D eigenvalue weighted by Crippen LogP contribution is 2.09. The summed E-state index contributed by atoms with van der Waals surface area (Å²) in [6.07, 6.45) is 5.60. The van der Waals surface area contributed by atoms with E-state index in [9.17, 15) is 4.79 Å². The summed E-state index contributed by atoms with van der Waals surface area (Å²) in [6.45, 7) is 3.92. The molecule has 1 heterocycles. The Labute approximate surface area is 124 Å². The summed E-state index contributed by atoms with van der Waals surface area (Å²) < 4.78 is 5.20. The van der Waals surface area contributed by atoms with E-state index in [1.165, 1.54) is 6.08 Å². The average molecular weight is 285 g/mol. The second-order valence-electron chi connectivity index (χ2n) is 4.46. The van der Waals surface area contributed by atoms with Gasteiger partial charge in [0, 0.05) is 25.8 Å². The zero-order valence-electron chi connectivity index (χ0n) is 12.1. The van der Waals surface area contributed by atoms with Crippen molar-refractivity contribution < 1.29 is 9.53 Å². The van der Waals surface area contributed by atoms with Crippen LogP contribution < -0.4 is 5.32 Å². The smallest absolute Gasteiger partial charge is 0.244 e. The molecule has 0 aliphatic carbocycles. The Bertz CT molecular complexity index is 626. The standard InChI is InChI=1S/C16H19N3O2/c1-2-21-11-5-10-17-16(20)9-8-13-12-18-14-6-3-4-7-15(14)19-13/h3-4,6-9,12H,2,5,10-11H2,1H3,(H,17,20)/b9-8+. The molecule has 0 spiro atoms. The molecule has 2 rings (SSSR count). The molecule has 1 amide bonds. The number of benzene rings is 1. The largest absolute Gasteiger partial charge is 0.382 e. The van der Waals surface area contributed by atoms with Crippen LogP contribution >= 0.6 is 0 Å². The number of para-hydroxylation sites is 2. The van der Waals surface area contributed by atoms with E-state index in [4.69, 9.17) is 4.74 Å². The minimum atomic E-state index is -0.138. The number of hydrogen-bond acceptors (Lipinski definition) is 4. The molecule has 2 aromatic rings. The molecule has 0 saturated carbocycles. The molecule has 0 aliphatic heterocycles. The highest BCUT2D eigenvalue weighted by molar-refractivity contribution is 5.91. The van der Waals surface area contributed by atoms with Crippen LogP contribution in [0.15, 0.2) is 36.5 Å². The van der Waals surface area contributed by atoms with Gasteiger partial charge < -0.3 is 10.1 Å². The monoisotopic (exact) mass is 285 g/mol. The minimum absolute atomic E-state index is 0.138. The number of fused-ring (bicyclic) bond motifs is 1. The van der Waals surface area contributed by atoms with Crippen molar-refractivity contribution in [3.8, 4) is 0 Å². The summed E-state index contributed by atoms with van der Waals surface area (Å²) in [5, 5.41) is 2.80. The van der Waals surface area contributed by atoms with E-state index in [1.807, 2.05) is 31.2 Å². The van der Waals surface area contributed by atoms with Crippen molar-refractivity contribution in [2.45, 2.75) is 13.3 Å².